The van der Waals surface area contributed by atoms with Crippen LogP contribution in [0.4, 0.5) is 0 Å². The van der Waals surface area contributed by atoms with Crippen molar-refractivity contribution in [2.75, 3.05) is 6.54 Å². The molecule has 0 atom stereocenters. The van der Waals surface area contributed by atoms with Gasteiger partial charge >= 0.3 is 0 Å². The summed E-state index contributed by atoms with van der Waals surface area (Å²) in [6.45, 7) is 8.82. The van der Waals surface area contributed by atoms with Gasteiger partial charge in [0.1, 0.15) is 0 Å². The van der Waals surface area contributed by atoms with Gasteiger partial charge in [0, 0.05) is 6.54 Å². The first-order valence-electron chi connectivity index (χ1n) is 7.94. The molecule has 0 saturated heterocycles. The minimum absolute atomic E-state index is 1.03. The molecule has 0 heterocycles. The van der Waals surface area contributed by atoms with Crippen LogP contribution in [-0.4, -0.2) is 6.54 Å². The normalized spacial score (nSPS) is 16.2. The Hall–Kier alpha value is -0.820. The largest absolute Gasteiger partial charge is 0.313 e. The van der Waals surface area contributed by atoms with Gasteiger partial charge in [-0.3, -0.25) is 0 Å². The highest BCUT2D eigenvalue weighted by Gasteiger charge is 2.13. The van der Waals surface area contributed by atoms with Crippen LogP contribution in [0.1, 0.15) is 60.8 Å². The van der Waals surface area contributed by atoms with Crippen molar-refractivity contribution in [3.8, 4) is 0 Å². The molecule has 1 aromatic carbocycles. The fraction of sp³-hybridized carbons (Fsp3) is 0.667. The van der Waals surface area contributed by atoms with Crippen molar-refractivity contribution in [2.24, 2.45) is 5.92 Å². The molecule has 0 aromatic heterocycles. The summed E-state index contributed by atoms with van der Waals surface area (Å²) >= 11 is 0. The van der Waals surface area contributed by atoms with Crippen LogP contribution < -0.4 is 5.32 Å². The van der Waals surface area contributed by atoms with Gasteiger partial charge < -0.3 is 5.32 Å². The van der Waals surface area contributed by atoms with Gasteiger partial charge in [0.25, 0.3) is 0 Å². The van der Waals surface area contributed by atoms with Gasteiger partial charge in [-0.1, -0.05) is 37.8 Å². The molecule has 1 nitrogen and oxygen atoms in total. The van der Waals surface area contributed by atoms with E-state index < -0.39 is 0 Å². The molecule has 0 spiro atoms. The second-order valence-corrected chi connectivity index (χ2v) is 6.33. The quantitative estimate of drug-likeness (QED) is 0.732. The van der Waals surface area contributed by atoms with Gasteiger partial charge in [-0.25, -0.2) is 0 Å². The molecular weight excluding hydrogens is 230 g/mol. The third-order valence-electron chi connectivity index (χ3n) is 4.71. The molecule has 2 rings (SSSR count). The maximum Gasteiger partial charge on any atom is 0.0208 e. The Kier molecular flexibility index (Phi) is 5.45. The highest BCUT2D eigenvalue weighted by Crippen LogP contribution is 2.28. The Morgan fingerprint density at radius 1 is 1.00 bits per heavy atom. The molecule has 1 saturated carbocycles. The maximum absolute atomic E-state index is 3.61. The van der Waals surface area contributed by atoms with E-state index in [4.69, 9.17) is 0 Å². The van der Waals surface area contributed by atoms with E-state index in [0.29, 0.717) is 0 Å². The van der Waals surface area contributed by atoms with Crippen LogP contribution in [0, 0.1) is 26.7 Å². The molecule has 1 aromatic rings. The monoisotopic (exact) mass is 259 g/mol. The average molecular weight is 259 g/mol. The van der Waals surface area contributed by atoms with Gasteiger partial charge in [0.2, 0.25) is 0 Å². The van der Waals surface area contributed by atoms with Crippen molar-refractivity contribution >= 4 is 0 Å². The summed E-state index contributed by atoms with van der Waals surface area (Å²) in [6, 6.07) is 4.65. The van der Waals surface area contributed by atoms with Crippen molar-refractivity contribution in [3.63, 3.8) is 0 Å². The topological polar surface area (TPSA) is 12.0 Å². The van der Waals surface area contributed by atoms with E-state index in [1.165, 1.54) is 67.3 Å². The van der Waals surface area contributed by atoms with Crippen LogP contribution in [0.15, 0.2) is 12.1 Å². The number of aryl methyl sites for hydroxylation is 3. The Morgan fingerprint density at radius 2 is 1.68 bits per heavy atom. The van der Waals surface area contributed by atoms with Crippen molar-refractivity contribution in [3.05, 3.63) is 34.4 Å². The molecule has 0 aliphatic heterocycles. The van der Waals surface area contributed by atoms with Gasteiger partial charge in [-0.15, -0.1) is 0 Å². The zero-order chi connectivity index (χ0) is 13.7. The summed E-state index contributed by atoms with van der Waals surface area (Å²) in [5.41, 5.74) is 5.70. The van der Waals surface area contributed by atoms with Gasteiger partial charge in [0.05, 0.1) is 0 Å². The fourth-order valence-corrected chi connectivity index (χ4v) is 3.25. The molecule has 0 amide bonds. The van der Waals surface area contributed by atoms with E-state index in [1.54, 1.807) is 0 Å². The number of hydrogen-bond donors (Lipinski definition) is 1. The summed E-state index contributed by atoms with van der Waals surface area (Å²) < 4.78 is 0. The molecule has 1 aliphatic carbocycles. The first-order valence-corrected chi connectivity index (χ1v) is 7.94. The zero-order valence-electron chi connectivity index (χ0n) is 12.9. The van der Waals surface area contributed by atoms with E-state index in [9.17, 15) is 0 Å². The van der Waals surface area contributed by atoms with Crippen LogP contribution in [-0.2, 0) is 6.54 Å². The lowest BCUT2D eigenvalue weighted by atomic mass is 10.0. The third kappa shape index (κ3) is 4.35. The molecular formula is C18H29N. The van der Waals surface area contributed by atoms with Gasteiger partial charge in [-0.2, -0.15) is 0 Å². The standard InChI is InChI=1S/C18H29N/c1-14-11-16(3)18(12-15(14)2)13-19-10-6-9-17-7-4-5-8-17/h11-12,17,19H,4-10,13H2,1-3H3. The first kappa shape index (κ1) is 14.6. The lowest BCUT2D eigenvalue weighted by molar-refractivity contribution is 0.470. The van der Waals surface area contributed by atoms with Crippen molar-refractivity contribution in [1.29, 1.82) is 0 Å². The van der Waals surface area contributed by atoms with Crippen molar-refractivity contribution < 1.29 is 0 Å². The van der Waals surface area contributed by atoms with Crippen LogP contribution in [0.5, 0.6) is 0 Å². The second kappa shape index (κ2) is 7.09. The van der Waals surface area contributed by atoms with E-state index in [-0.39, 0.29) is 0 Å². The Balaban J connectivity index is 1.69. The van der Waals surface area contributed by atoms with Gasteiger partial charge in [-0.05, 0) is 68.3 Å². The molecule has 0 unspecified atom stereocenters. The average Bonchev–Trinajstić information content (AvgIpc) is 2.88. The lowest BCUT2D eigenvalue weighted by Crippen LogP contribution is -2.16. The summed E-state index contributed by atoms with van der Waals surface area (Å²) in [4.78, 5) is 0. The molecule has 106 valence electrons. The number of nitrogens with one attached hydrogen (secondary N) is 1. The Morgan fingerprint density at radius 3 is 2.42 bits per heavy atom. The summed E-state index contributed by atoms with van der Waals surface area (Å²) in [5, 5.41) is 3.61. The number of rotatable bonds is 6. The highest BCUT2D eigenvalue weighted by atomic mass is 14.8. The van der Waals surface area contributed by atoms with Gasteiger partial charge in [0.15, 0.2) is 0 Å². The SMILES string of the molecule is Cc1cc(C)c(CNCCCC2CCCC2)cc1C. The smallest absolute Gasteiger partial charge is 0.0208 e. The number of benzene rings is 1. The molecule has 1 N–H and O–H groups in total. The number of hydrogen-bond acceptors (Lipinski definition) is 1. The van der Waals surface area contributed by atoms with Crippen LogP contribution in [0.3, 0.4) is 0 Å². The molecule has 0 radical (unpaired) electrons. The minimum atomic E-state index is 1.03. The third-order valence-corrected chi connectivity index (χ3v) is 4.71. The predicted octanol–water partition coefficient (Wildman–Crippen LogP) is 4.67. The maximum atomic E-state index is 3.61. The molecule has 1 aliphatic rings. The van der Waals surface area contributed by atoms with Crippen molar-refractivity contribution in [2.45, 2.75) is 65.8 Å². The Bertz CT molecular complexity index is 402. The zero-order valence-corrected chi connectivity index (χ0v) is 12.9. The summed E-state index contributed by atoms with van der Waals surface area (Å²) in [7, 11) is 0. The molecule has 1 heteroatoms. The van der Waals surface area contributed by atoms with E-state index >= 15 is 0 Å². The highest BCUT2D eigenvalue weighted by molar-refractivity contribution is 5.36. The molecule has 0 bridgehead atoms. The van der Waals surface area contributed by atoms with Crippen LogP contribution in [0.25, 0.3) is 0 Å². The lowest BCUT2D eigenvalue weighted by Gasteiger charge is -2.12. The Labute approximate surface area is 118 Å². The predicted molar refractivity (Wildman–Crippen MR) is 83.6 cm³/mol. The van der Waals surface area contributed by atoms with Crippen LogP contribution in [0.2, 0.25) is 0 Å². The summed E-state index contributed by atoms with van der Waals surface area (Å²) in [5.74, 6) is 1.03. The van der Waals surface area contributed by atoms with E-state index in [1.807, 2.05) is 0 Å². The molecule has 19 heavy (non-hydrogen) atoms. The minimum Gasteiger partial charge on any atom is -0.313 e. The fourth-order valence-electron chi connectivity index (χ4n) is 3.25. The first-order chi connectivity index (χ1) is 9.16. The molecule has 1 fully saturated rings. The van der Waals surface area contributed by atoms with Crippen molar-refractivity contribution in [1.82, 2.24) is 5.32 Å². The second-order valence-electron chi connectivity index (χ2n) is 6.33. The summed E-state index contributed by atoms with van der Waals surface area (Å²) in [6.07, 6.45) is 8.68. The van der Waals surface area contributed by atoms with Crippen LogP contribution >= 0.6 is 0 Å². The van der Waals surface area contributed by atoms with E-state index in [0.717, 1.165) is 12.5 Å². The van der Waals surface area contributed by atoms with E-state index in [2.05, 4.69) is 38.2 Å².